The number of hydrogen-bond acceptors (Lipinski definition) is 6. The Balaban J connectivity index is 1.79. The van der Waals surface area contributed by atoms with Crippen LogP contribution >= 0.6 is 0 Å². The largest absolute Gasteiger partial charge is 0.481 e. The minimum atomic E-state index is -0.550. The quantitative estimate of drug-likeness (QED) is 0.822. The van der Waals surface area contributed by atoms with Crippen LogP contribution in [0.2, 0.25) is 0 Å². The van der Waals surface area contributed by atoms with E-state index in [2.05, 4.69) is 10.3 Å². The highest BCUT2D eigenvalue weighted by Crippen LogP contribution is 2.37. The molecule has 2 amide bonds. The van der Waals surface area contributed by atoms with Gasteiger partial charge in [-0.2, -0.15) is 0 Å². The van der Waals surface area contributed by atoms with Gasteiger partial charge in [-0.25, -0.2) is 14.6 Å². The Kier molecular flexibility index (Phi) is 6.54. The number of nitrogens with one attached hydrogen (secondary N) is 1. The van der Waals surface area contributed by atoms with Crippen molar-refractivity contribution in [3.63, 3.8) is 0 Å². The number of carbonyl (C=O) groups excluding carboxylic acids is 2. The molecule has 154 valence electrons. The SMILES string of the molecule is CCOC(=O)N1c2ccc(OC)nc2C(NC(=O)OCc2ccccc2)CC1C. The van der Waals surface area contributed by atoms with Crippen molar-refractivity contribution in [1.29, 1.82) is 0 Å². The first-order valence-corrected chi connectivity index (χ1v) is 9.51. The number of anilines is 1. The number of nitrogens with zero attached hydrogens (tertiary/aromatic N) is 2. The van der Waals surface area contributed by atoms with E-state index in [1.807, 2.05) is 37.3 Å². The van der Waals surface area contributed by atoms with Crippen molar-refractivity contribution in [3.05, 3.63) is 53.7 Å². The molecule has 2 unspecified atom stereocenters. The van der Waals surface area contributed by atoms with E-state index in [1.54, 1.807) is 24.0 Å². The van der Waals surface area contributed by atoms with Crippen LogP contribution in [-0.4, -0.2) is 36.9 Å². The molecule has 3 rings (SSSR count). The molecule has 8 nitrogen and oxygen atoms in total. The second-order valence-electron chi connectivity index (χ2n) is 6.67. The minimum Gasteiger partial charge on any atom is -0.481 e. The van der Waals surface area contributed by atoms with Crippen molar-refractivity contribution >= 4 is 17.9 Å². The highest BCUT2D eigenvalue weighted by Gasteiger charge is 2.37. The fourth-order valence-electron chi connectivity index (χ4n) is 3.32. The molecule has 2 atom stereocenters. The molecule has 0 saturated heterocycles. The maximum Gasteiger partial charge on any atom is 0.414 e. The number of hydrogen-bond donors (Lipinski definition) is 1. The molecule has 0 spiro atoms. The zero-order valence-corrected chi connectivity index (χ0v) is 16.8. The third kappa shape index (κ3) is 4.77. The summed E-state index contributed by atoms with van der Waals surface area (Å²) < 4.78 is 15.7. The number of aromatic nitrogens is 1. The molecule has 1 aromatic heterocycles. The zero-order chi connectivity index (χ0) is 20.8. The third-order valence-electron chi connectivity index (χ3n) is 4.66. The van der Waals surface area contributed by atoms with Crippen LogP contribution in [0.5, 0.6) is 5.88 Å². The van der Waals surface area contributed by atoms with E-state index in [4.69, 9.17) is 14.2 Å². The van der Waals surface area contributed by atoms with E-state index >= 15 is 0 Å². The van der Waals surface area contributed by atoms with E-state index in [0.717, 1.165) is 5.56 Å². The van der Waals surface area contributed by atoms with Gasteiger partial charge in [-0.3, -0.25) is 4.90 Å². The maximum atomic E-state index is 12.4. The molecule has 0 radical (unpaired) electrons. The second kappa shape index (κ2) is 9.27. The van der Waals surface area contributed by atoms with Gasteiger partial charge in [-0.1, -0.05) is 30.3 Å². The first-order chi connectivity index (χ1) is 14.0. The van der Waals surface area contributed by atoms with Crippen molar-refractivity contribution in [1.82, 2.24) is 10.3 Å². The summed E-state index contributed by atoms with van der Waals surface area (Å²) in [6.45, 7) is 4.09. The number of pyridine rings is 1. The van der Waals surface area contributed by atoms with Crippen molar-refractivity contribution in [2.24, 2.45) is 0 Å². The molecule has 0 saturated carbocycles. The highest BCUT2D eigenvalue weighted by molar-refractivity contribution is 5.90. The third-order valence-corrected chi connectivity index (χ3v) is 4.66. The molecule has 1 aromatic carbocycles. The van der Waals surface area contributed by atoms with Crippen molar-refractivity contribution in [2.45, 2.75) is 39.0 Å². The highest BCUT2D eigenvalue weighted by atomic mass is 16.6. The molecule has 2 aromatic rings. The Labute approximate surface area is 169 Å². The average molecular weight is 399 g/mol. The van der Waals surface area contributed by atoms with Crippen LogP contribution in [0.1, 0.15) is 37.6 Å². The van der Waals surface area contributed by atoms with Gasteiger partial charge in [0.05, 0.1) is 31.1 Å². The lowest BCUT2D eigenvalue weighted by molar-refractivity contribution is 0.133. The Morgan fingerprint density at radius 1 is 1.17 bits per heavy atom. The summed E-state index contributed by atoms with van der Waals surface area (Å²) in [5, 5.41) is 2.86. The normalized spacial score (nSPS) is 17.8. The molecule has 1 N–H and O–H groups in total. The molecule has 0 fully saturated rings. The maximum absolute atomic E-state index is 12.4. The standard InChI is InChI=1S/C21H25N3O5/c1-4-28-21(26)24-14(2)12-16(19-17(24)10-11-18(23-19)27-3)22-20(25)29-13-15-8-6-5-7-9-15/h5-11,14,16H,4,12-13H2,1-3H3,(H,22,25). The van der Waals surface area contributed by atoms with Gasteiger partial charge in [0.25, 0.3) is 0 Å². The number of methoxy groups -OCH3 is 1. The van der Waals surface area contributed by atoms with Crippen LogP contribution < -0.4 is 15.0 Å². The van der Waals surface area contributed by atoms with Gasteiger partial charge >= 0.3 is 12.2 Å². The predicted molar refractivity (Wildman–Crippen MR) is 107 cm³/mol. The second-order valence-corrected chi connectivity index (χ2v) is 6.67. The molecule has 8 heteroatoms. The van der Waals surface area contributed by atoms with Gasteiger partial charge in [-0.15, -0.1) is 0 Å². The first kappa shape index (κ1) is 20.4. The van der Waals surface area contributed by atoms with Gasteiger partial charge in [0.1, 0.15) is 6.61 Å². The molecular weight excluding hydrogens is 374 g/mol. The number of fused-ring (bicyclic) bond motifs is 1. The zero-order valence-electron chi connectivity index (χ0n) is 16.8. The Hall–Kier alpha value is -3.29. The summed E-state index contributed by atoms with van der Waals surface area (Å²) in [6, 6.07) is 12.2. The van der Waals surface area contributed by atoms with Crippen LogP contribution in [0.15, 0.2) is 42.5 Å². The lowest BCUT2D eigenvalue weighted by Crippen LogP contribution is -2.47. The monoisotopic (exact) mass is 399 g/mol. The minimum absolute atomic E-state index is 0.169. The van der Waals surface area contributed by atoms with Gasteiger partial charge in [0, 0.05) is 12.1 Å². The number of benzene rings is 1. The molecule has 2 heterocycles. The predicted octanol–water partition coefficient (Wildman–Crippen LogP) is 3.81. The molecule has 1 aliphatic heterocycles. The Morgan fingerprint density at radius 3 is 2.62 bits per heavy atom. The van der Waals surface area contributed by atoms with E-state index in [1.165, 1.54) is 7.11 Å². The summed E-state index contributed by atoms with van der Waals surface area (Å²) in [4.78, 5) is 30.8. The Bertz CT molecular complexity index is 859. The smallest absolute Gasteiger partial charge is 0.414 e. The number of ether oxygens (including phenoxy) is 3. The van der Waals surface area contributed by atoms with E-state index in [-0.39, 0.29) is 19.3 Å². The summed E-state index contributed by atoms with van der Waals surface area (Å²) in [7, 11) is 1.51. The molecule has 0 bridgehead atoms. The van der Waals surface area contributed by atoms with Gasteiger partial charge in [-0.05, 0) is 31.9 Å². The van der Waals surface area contributed by atoms with Crippen LogP contribution in [0, 0.1) is 0 Å². The molecular formula is C21H25N3O5. The van der Waals surface area contributed by atoms with E-state index in [9.17, 15) is 9.59 Å². The summed E-state index contributed by atoms with van der Waals surface area (Å²) >= 11 is 0. The van der Waals surface area contributed by atoms with Crippen molar-refractivity contribution in [3.8, 4) is 5.88 Å². The molecule has 0 aliphatic carbocycles. The van der Waals surface area contributed by atoms with Crippen LogP contribution in [-0.2, 0) is 16.1 Å². The summed E-state index contributed by atoms with van der Waals surface area (Å²) in [5.41, 5.74) is 2.01. The van der Waals surface area contributed by atoms with Crippen molar-refractivity contribution < 1.29 is 23.8 Å². The fraction of sp³-hybridized carbons (Fsp3) is 0.381. The van der Waals surface area contributed by atoms with Crippen LogP contribution in [0.25, 0.3) is 0 Å². The summed E-state index contributed by atoms with van der Waals surface area (Å²) in [5.74, 6) is 0.395. The van der Waals surface area contributed by atoms with E-state index < -0.39 is 18.2 Å². The number of alkyl carbamates (subject to hydrolysis) is 1. The van der Waals surface area contributed by atoms with Crippen LogP contribution in [0.3, 0.4) is 0 Å². The lowest BCUT2D eigenvalue weighted by atomic mass is 9.96. The molecule has 29 heavy (non-hydrogen) atoms. The van der Waals surface area contributed by atoms with Gasteiger partial charge in [0.15, 0.2) is 0 Å². The lowest BCUT2D eigenvalue weighted by Gasteiger charge is -2.37. The van der Waals surface area contributed by atoms with Gasteiger partial charge in [0.2, 0.25) is 5.88 Å². The van der Waals surface area contributed by atoms with Crippen LogP contribution in [0.4, 0.5) is 15.3 Å². The molecule has 1 aliphatic rings. The Morgan fingerprint density at radius 2 is 1.93 bits per heavy atom. The number of carbonyl (C=O) groups is 2. The van der Waals surface area contributed by atoms with Crippen molar-refractivity contribution in [2.75, 3.05) is 18.6 Å². The summed E-state index contributed by atoms with van der Waals surface area (Å²) in [6.07, 6.45) is -0.531. The number of amides is 2. The van der Waals surface area contributed by atoms with E-state index in [0.29, 0.717) is 23.7 Å². The average Bonchev–Trinajstić information content (AvgIpc) is 2.73. The first-order valence-electron chi connectivity index (χ1n) is 9.51. The fourth-order valence-corrected chi connectivity index (χ4v) is 3.32. The van der Waals surface area contributed by atoms with Gasteiger partial charge < -0.3 is 19.5 Å². The topological polar surface area (TPSA) is 90.0 Å². The number of rotatable bonds is 5.